The van der Waals surface area contributed by atoms with Gasteiger partial charge in [0.1, 0.15) is 18.2 Å². The van der Waals surface area contributed by atoms with Crippen LogP contribution in [-0.4, -0.2) is 56.3 Å². The zero-order valence-corrected chi connectivity index (χ0v) is 24.4. The van der Waals surface area contributed by atoms with E-state index >= 15 is 0 Å². The summed E-state index contributed by atoms with van der Waals surface area (Å²) >= 11 is 0. The van der Waals surface area contributed by atoms with Gasteiger partial charge in [-0.1, -0.05) is 18.2 Å². The Morgan fingerprint density at radius 2 is 1.93 bits per heavy atom. The molecule has 7 rings (SSSR count). The van der Waals surface area contributed by atoms with E-state index in [1.807, 2.05) is 36.4 Å². The number of piperidine rings is 1. The lowest BCUT2D eigenvalue weighted by Crippen LogP contribution is -2.35. The van der Waals surface area contributed by atoms with Gasteiger partial charge in [-0.05, 0) is 81.1 Å². The lowest BCUT2D eigenvalue weighted by molar-refractivity contribution is -0.140. The van der Waals surface area contributed by atoms with Gasteiger partial charge in [-0.15, -0.1) is 0 Å². The van der Waals surface area contributed by atoms with E-state index in [1.165, 1.54) is 6.07 Å². The molecular weight excluding hydrogens is 561 g/mol. The molecule has 4 aromatic rings. The molecule has 1 N–H and O–H groups in total. The molecule has 0 bridgehead atoms. The largest absolute Gasteiger partial charge is 0.481 e. The molecule has 2 saturated heterocycles. The molecule has 4 heterocycles. The molecule has 0 unspecified atom stereocenters. The average Bonchev–Trinajstić information content (AvgIpc) is 3.77. The van der Waals surface area contributed by atoms with Crippen molar-refractivity contribution in [3.05, 3.63) is 88.6 Å². The normalized spacial score (nSPS) is 19.8. The Balaban J connectivity index is 1.02. The third kappa shape index (κ3) is 5.53. The summed E-state index contributed by atoms with van der Waals surface area (Å²) in [5, 5.41) is 18.8. The van der Waals surface area contributed by atoms with Gasteiger partial charge in [0.2, 0.25) is 5.88 Å². The maximum Gasteiger partial charge on any atom is 0.314 e. The molecule has 2 aliphatic heterocycles. The quantitative estimate of drug-likeness (QED) is 0.263. The van der Waals surface area contributed by atoms with Crippen molar-refractivity contribution in [2.24, 2.45) is 0 Å². The minimum atomic E-state index is -0.757. The second-order valence-electron chi connectivity index (χ2n) is 12.2. The number of aliphatic carboxylic acids is 1. The molecular formula is C34H34FN5O4. The molecule has 2 aromatic heterocycles. The van der Waals surface area contributed by atoms with E-state index in [1.54, 1.807) is 18.2 Å². The van der Waals surface area contributed by atoms with E-state index in [2.05, 4.69) is 9.47 Å². The Morgan fingerprint density at radius 1 is 1.11 bits per heavy atom. The number of ether oxygens (including phenoxy) is 2. The van der Waals surface area contributed by atoms with Crippen LogP contribution in [0.3, 0.4) is 0 Å². The van der Waals surface area contributed by atoms with Crippen LogP contribution in [0.25, 0.3) is 11.0 Å². The minimum absolute atomic E-state index is 0.0398. The van der Waals surface area contributed by atoms with E-state index in [4.69, 9.17) is 24.7 Å². The summed E-state index contributed by atoms with van der Waals surface area (Å²) in [4.78, 5) is 24.1. The number of pyridine rings is 1. The number of carboxylic acid groups (broad SMARTS) is 1. The first-order valence-electron chi connectivity index (χ1n) is 15.3. The van der Waals surface area contributed by atoms with Crippen LogP contribution in [0.4, 0.5) is 4.39 Å². The van der Waals surface area contributed by atoms with Crippen LogP contribution in [0.1, 0.15) is 66.2 Å². The number of imidazole rings is 1. The van der Waals surface area contributed by atoms with Crippen LogP contribution in [-0.2, 0) is 34.6 Å². The van der Waals surface area contributed by atoms with Gasteiger partial charge in [-0.25, -0.2) is 14.4 Å². The fourth-order valence-corrected chi connectivity index (χ4v) is 6.40. The predicted octanol–water partition coefficient (Wildman–Crippen LogP) is 5.31. The summed E-state index contributed by atoms with van der Waals surface area (Å²) < 4.78 is 28.1. The van der Waals surface area contributed by atoms with E-state index in [9.17, 15) is 14.3 Å². The number of hydrogen-bond donors (Lipinski definition) is 1. The fourth-order valence-electron chi connectivity index (χ4n) is 6.40. The molecule has 9 nitrogen and oxygen atoms in total. The molecule has 226 valence electrons. The fraction of sp³-hybridized carbons (Fsp3) is 0.412. The van der Waals surface area contributed by atoms with Crippen molar-refractivity contribution in [1.29, 1.82) is 5.26 Å². The average molecular weight is 596 g/mol. The molecule has 44 heavy (non-hydrogen) atoms. The molecule has 1 atom stereocenters. The van der Waals surface area contributed by atoms with Crippen LogP contribution in [0.5, 0.6) is 5.88 Å². The third-order valence-corrected chi connectivity index (χ3v) is 9.39. The molecule has 0 radical (unpaired) electrons. The highest BCUT2D eigenvalue weighted by molar-refractivity contribution is 5.87. The monoisotopic (exact) mass is 595 g/mol. The van der Waals surface area contributed by atoms with Crippen LogP contribution < -0.4 is 4.74 Å². The van der Waals surface area contributed by atoms with Gasteiger partial charge in [0, 0.05) is 29.8 Å². The Hall–Kier alpha value is -4.33. The van der Waals surface area contributed by atoms with Crippen LogP contribution in [0, 0.1) is 17.1 Å². The number of rotatable bonds is 10. The molecule has 10 heteroatoms. The molecule has 0 spiro atoms. The maximum absolute atomic E-state index is 14.3. The summed E-state index contributed by atoms with van der Waals surface area (Å²) in [7, 11) is 0. The molecule has 0 amide bonds. The smallest absolute Gasteiger partial charge is 0.314 e. The second kappa shape index (κ2) is 11.6. The first kappa shape index (κ1) is 28.4. The first-order valence-corrected chi connectivity index (χ1v) is 15.3. The van der Waals surface area contributed by atoms with E-state index in [0.29, 0.717) is 30.8 Å². The minimum Gasteiger partial charge on any atom is -0.481 e. The Labute approximate surface area is 254 Å². The number of benzene rings is 2. The molecule has 3 aliphatic rings. The van der Waals surface area contributed by atoms with Crippen LogP contribution in [0.2, 0.25) is 0 Å². The van der Waals surface area contributed by atoms with Crippen molar-refractivity contribution >= 4 is 17.0 Å². The van der Waals surface area contributed by atoms with Gasteiger partial charge in [-0.3, -0.25) is 9.69 Å². The van der Waals surface area contributed by atoms with Gasteiger partial charge >= 0.3 is 5.97 Å². The second-order valence-corrected chi connectivity index (χ2v) is 12.2. The Kier molecular flexibility index (Phi) is 7.52. The number of fused-ring (bicyclic) bond motifs is 1. The number of hydrogen-bond acceptors (Lipinski definition) is 7. The van der Waals surface area contributed by atoms with Crippen molar-refractivity contribution < 1.29 is 23.8 Å². The summed E-state index contributed by atoms with van der Waals surface area (Å²) in [6.45, 7) is 4.07. The Morgan fingerprint density at radius 3 is 2.61 bits per heavy atom. The lowest BCUT2D eigenvalue weighted by Gasteiger charge is -2.32. The van der Waals surface area contributed by atoms with E-state index < -0.39 is 17.2 Å². The van der Waals surface area contributed by atoms with E-state index in [0.717, 1.165) is 73.6 Å². The number of halogens is 1. The van der Waals surface area contributed by atoms with Gasteiger partial charge in [0.15, 0.2) is 0 Å². The van der Waals surface area contributed by atoms with Gasteiger partial charge < -0.3 is 19.1 Å². The molecule has 1 saturated carbocycles. The highest BCUT2D eigenvalue weighted by Gasteiger charge is 2.51. The van der Waals surface area contributed by atoms with Crippen molar-refractivity contribution in [3.8, 4) is 11.9 Å². The van der Waals surface area contributed by atoms with Gasteiger partial charge in [0.25, 0.3) is 0 Å². The van der Waals surface area contributed by atoms with Crippen molar-refractivity contribution in [3.63, 3.8) is 0 Å². The topological polar surface area (TPSA) is 114 Å². The summed E-state index contributed by atoms with van der Waals surface area (Å²) in [6, 6.07) is 18.0. The number of nitrogens with zero attached hydrogens (tertiary/aromatic N) is 5. The molecule has 3 fully saturated rings. The van der Waals surface area contributed by atoms with Crippen molar-refractivity contribution in [2.45, 2.75) is 69.2 Å². The highest BCUT2D eigenvalue weighted by Crippen LogP contribution is 2.49. The number of aromatic nitrogens is 3. The van der Waals surface area contributed by atoms with E-state index in [-0.39, 0.29) is 24.2 Å². The summed E-state index contributed by atoms with van der Waals surface area (Å²) in [5.41, 5.74) is 3.58. The SMILES string of the molecule is N#Cc1ccc(COc2cccc(C3CCN(Cc4nc5cc(C6(C(=O)O)CC6)ccc5n4C[C@@H]4CCO4)CC3)n2)c(F)c1. The van der Waals surface area contributed by atoms with Gasteiger partial charge in [0.05, 0.1) is 47.3 Å². The molecule has 1 aliphatic carbocycles. The van der Waals surface area contributed by atoms with Crippen LogP contribution in [0.15, 0.2) is 54.6 Å². The lowest BCUT2D eigenvalue weighted by atomic mass is 9.93. The third-order valence-electron chi connectivity index (χ3n) is 9.39. The summed E-state index contributed by atoms with van der Waals surface area (Å²) in [6.07, 6.45) is 4.44. The maximum atomic E-state index is 14.3. The summed E-state index contributed by atoms with van der Waals surface area (Å²) in [5.74, 6) is 0.505. The number of nitriles is 1. The molecule has 2 aromatic carbocycles. The highest BCUT2D eigenvalue weighted by atomic mass is 19.1. The number of carbonyl (C=O) groups is 1. The standard InChI is InChI=1S/C34H34FN5O4/c35-27-16-22(18-36)4-5-24(27)21-44-32-3-1-2-28(38-32)23-8-13-39(14-9-23)20-31-37-29-17-25(34(11-12-34)33(41)42)6-7-30(29)40(31)19-26-10-15-43-26/h1-7,16-17,23,26H,8-15,19-21H2,(H,41,42)/t26-/m0/s1. The first-order chi connectivity index (χ1) is 21.4. The zero-order valence-electron chi connectivity index (χ0n) is 24.4. The van der Waals surface area contributed by atoms with Crippen molar-refractivity contribution in [1.82, 2.24) is 19.4 Å². The number of likely N-dealkylation sites (tertiary alicyclic amines) is 1. The Bertz CT molecular complexity index is 1750. The van der Waals surface area contributed by atoms with Crippen molar-refractivity contribution in [2.75, 3.05) is 19.7 Å². The number of carboxylic acids is 1. The van der Waals surface area contributed by atoms with Gasteiger partial charge in [-0.2, -0.15) is 5.26 Å². The predicted molar refractivity (Wildman–Crippen MR) is 160 cm³/mol. The zero-order chi connectivity index (χ0) is 30.3. The van der Waals surface area contributed by atoms with Crippen LogP contribution >= 0.6 is 0 Å².